The van der Waals surface area contributed by atoms with Crippen LogP contribution in [0.25, 0.3) is 4.85 Å². The van der Waals surface area contributed by atoms with Crippen molar-refractivity contribution in [3.8, 4) is 0 Å². The molecule has 2 heteroatoms. The largest absolute Gasteiger partial charge is 0.309 e. The summed E-state index contributed by atoms with van der Waals surface area (Å²) < 4.78 is 0. The van der Waals surface area contributed by atoms with Gasteiger partial charge in [0.2, 0.25) is 6.04 Å². The van der Waals surface area contributed by atoms with E-state index in [1.165, 1.54) is 4.90 Å². The minimum atomic E-state index is -0.0133. The van der Waals surface area contributed by atoms with E-state index in [2.05, 4.69) is 23.9 Å². The molecule has 0 fully saturated rings. The van der Waals surface area contributed by atoms with Gasteiger partial charge in [-0.05, 0) is 17.9 Å². The van der Waals surface area contributed by atoms with Gasteiger partial charge in [-0.1, -0.05) is 19.1 Å². The molecule has 1 rings (SSSR count). The molecule has 0 aromatic heterocycles. The lowest BCUT2D eigenvalue weighted by Gasteiger charge is -2.01. The van der Waals surface area contributed by atoms with E-state index in [1.807, 2.05) is 30.8 Å². The highest BCUT2D eigenvalue weighted by atomic mass is 32.2. The van der Waals surface area contributed by atoms with Gasteiger partial charge in [0.05, 0.1) is 0 Å². The molecule has 0 heterocycles. The predicted molar refractivity (Wildman–Crippen MR) is 57.9 cm³/mol. The second kappa shape index (κ2) is 4.94. The van der Waals surface area contributed by atoms with Crippen LogP contribution in [-0.2, 0) is 0 Å². The van der Waals surface area contributed by atoms with Crippen molar-refractivity contribution in [2.24, 2.45) is 0 Å². The Hall–Kier alpha value is -0.940. The summed E-state index contributed by atoms with van der Waals surface area (Å²) in [6.07, 6.45) is 0. The Balaban J connectivity index is 2.76. The van der Waals surface area contributed by atoms with Gasteiger partial charge in [-0.3, -0.25) is 0 Å². The molecule has 68 valence electrons. The highest BCUT2D eigenvalue weighted by Crippen LogP contribution is 2.22. The topological polar surface area (TPSA) is 4.36 Å². The highest BCUT2D eigenvalue weighted by molar-refractivity contribution is 7.99. The van der Waals surface area contributed by atoms with Gasteiger partial charge in [-0.2, -0.15) is 0 Å². The fourth-order valence-electron chi connectivity index (χ4n) is 1.08. The van der Waals surface area contributed by atoms with Crippen LogP contribution < -0.4 is 0 Å². The van der Waals surface area contributed by atoms with Gasteiger partial charge in [0.1, 0.15) is 0 Å². The molecule has 1 nitrogen and oxygen atoms in total. The maximum absolute atomic E-state index is 6.90. The molecular formula is C11H13NS. The fraction of sp³-hybridized carbons (Fsp3) is 0.364. The number of rotatable bonds is 3. The molecule has 0 spiro atoms. The summed E-state index contributed by atoms with van der Waals surface area (Å²) in [5.41, 5.74) is 1.11. The van der Waals surface area contributed by atoms with Gasteiger partial charge in [0.25, 0.3) is 0 Å². The molecule has 0 radical (unpaired) electrons. The van der Waals surface area contributed by atoms with Crippen LogP contribution in [0, 0.1) is 6.57 Å². The average molecular weight is 191 g/mol. The lowest BCUT2D eigenvalue weighted by Crippen LogP contribution is -1.85. The van der Waals surface area contributed by atoms with Gasteiger partial charge in [-0.25, -0.2) is 6.57 Å². The first-order valence-electron chi connectivity index (χ1n) is 4.37. The molecule has 0 saturated carbocycles. The lowest BCUT2D eigenvalue weighted by atomic mass is 10.1. The predicted octanol–water partition coefficient (Wildman–Crippen LogP) is 3.78. The van der Waals surface area contributed by atoms with E-state index in [9.17, 15) is 0 Å². The van der Waals surface area contributed by atoms with E-state index in [4.69, 9.17) is 6.57 Å². The van der Waals surface area contributed by atoms with Gasteiger partial charge >= 0.3 is 0 Å². The zero-order valence-electron chi connectivity index (χ0n) is 7.95. The Morgan fingerprint density at radius 2 is 2.00 bits per heavy atom. The number of hydrogen-bond acceptors (Lipinski definition) is 1. The summed E-state index contributed by atoms with van der Waals surface area (Å²) in [6.45, 7) is 11.0. The van der Waals surface area contributed by atoms with E-state index >= 15 is 0 Å². The molecule has 0 aliphatic heterocycles. The molecule has 0 amide bonds. The molecule has 0 bridgehead atoms. The molecule has 1 aromatic carbocycles. The normalized spacial score (nSPS) is 12.1. The van der Waals surface area contributed by atoms with E-state index < -0.39 is 0 Å². The third kappa shape index (κ3) is 2.78. The van der Waals surface area contributed by atoms with Crippen LogP contribution >= 0.6 is 11.8 Å². The zero-order valence-corrected chi connectivity index (χ0v) is 8.77. The summed E-state index contributed by atoms with van der Waals surface area (Å²) >= 11 is 1.83. The van der Waals surface area contributed by atoms with Gasteiger partial charge < -0.3 is 4.85 Å². The molecule has 1 atom stereocenters. The third-order valence-corrected chi connectivity index (χ3v) is 2.76. The van der Waals surface area contributed by atoms with Crippen LogP contribution in [0.3, 0.4) is 0 Å². The van der Waals surface area contributed by atoms with Crippen molar-refractivity contribution in [2.45, 2.75) is 24.8 Å². The Morgan fingerprint density at radius 3 is 2.46 bits per heavy atom. The van der Waals surface area contributed by atoms with Crippen molar-refractivity contribution in [1.29, 1.82) is 0 Å². The van der Waals surface area contributed by atoms with Crippen molar-refractivity contribution >= 4 is 11.8 Å². The van der Waals surface area contributed by atoms with E-state index in [0.29, 0.717) is 0 Å². The standard InChI is InChI=1S/C11H13NS/c1-4-13-11-7-5-10(6-8-11)9(2)12-3/h5-9H,4H2,1-2H3. The second-order valence-electron chi connectivity index (χ2n) is 2.81. The van der Waals surface area contributed by atoms with Crippen LogP contribution in [0.4, 0.5) is 0 Å². The quantitative estimate of drug-likeness (QED) is 0.519. The van der Waals surface area contributed by atoms with Gasteiger partial charge in [0, 0.05) is 17.4 Å². The van der Waals surface area contributed by atoms with Crippen LogP contribution in [0.15, 0.2) is 29.2 Å². The number of benzene rings is 1. The Morgan fingerprint density at radius 1 is 1.38 bits per heavy atom. The summed E-state index contributed by atoms with van der Waals surface area (Å²) in [5, 5.41) is 0. The smallest absolute Gasteiger partial charge is 0.245 e. The Kier molecular flexibility index (Phi) is 3.85. The van der Waals surface area contributed by atoms with Crippen molar-refractivity contribution in [1.82, 2.24) is 0 Å². The number of thioether (sulfide) groups is 1. The first-order chi connectivity index (χ1) is 6.27. The first-order valence-corrected chi connectivity index (χ1v) is 5.35. The van der Waals surface area contributed by atoms with E-state index in [1.54, 1.807) is 0 Å². The minimum Gasteiger partial charge on any atom is -0.309 e. The van der Waals surface area contributed by atoms with E-state index in [-0.39, 0.29) is 6.04 Å². The monoisotopic (exact) mass is 191 g/mol. The van der Waals surface area contributed by atoms with Gasteiger partial charge in [-0.15, -0.1) is 11.8 Å². The lowest BCUT2D eigenvalue weighted by molar-refractivity contribution is 0.958. The summed E-state index contributed by atoms with van der Waals surface area (Å²) in [4.78, 5) is 4.76. The second-order valence-corrected chi connectivity index (χ2v) is 4.14. The maximum Gasteiger partial charge on any atom is 0.245 e. The van der Waals surface area contributed by atoms with E-state index in [0.717, 1.165) is 11.3 Å². The summed E-state index contributed by atoms with van der Waals surface area (Å²) in [6, 6.07) is 8.25. The summed E-state index contributed by atoms with van der Waals surface area (Å²) in [7, 11) is 0. The average Bonchev–Trinajstić information content (AvgIpc) is 2.18. The number of hydrogen-bond donors (Lipinski definition) is 0. The number of nitrogens with zero attached hydrogens (tertiary/aromatic N) is 1. The molecule has 0 aliphatic rings. The Labute approximate surface area is 84.0 Å². The Bertz CT molecular complexity index is 297. The fourth-order valence-corrected chi connectivity index (χ4v) is 1.75. The molecule has 0 aliphatic carbocycles. The minimum absolute atomic E-state index is 0.0133. The highest BCUT2D eigenvalue weighted by Gasteiger charge is 2.06. The van der Waals surface area contributed by atoms with Crippen molar-refractivity contribution < 1.29 is 0 Å². The third-order valence-electron chi connectivity index (χ3n) is 1.87. The molecule has 1 unspecified atom stereocenters. The molecule has 0 saturated heterocycles. The van der Waals surface area contributed by atoms with Crippen LogP contribution in [-0.4, -0.2) is 5.75 Å². The summed E-state index contributed by atoms with van der Waals surface area (Å²) in [5.74, 6) is 1.09. The first kappa shape index (κ1) is 10.1. The molecule has 0 N–H and O–H groups in total. The van der Waals surface area contributed by atoms with Crippen LogP contribution in [0.2, 0.25) is 0 Å². The van der Waals surface area contributed by atoms with Crippen molar-refractivity contribution in [3.63, 3.8) is 0 Å². The molecule has 13 heavy (non-hydrogen) atoms. The zero-order chi connectivity index (χ0) is 9.68. The molecular weight excluding hydrogens is 178 g/mol. The van der Waals surface area contributed by atoms with Crippen LogP contribution in [0.1, 0.15) is 25.5 Å². The SMILES string of the molecule is [C-]#[N+]C(C)c1ccc(SCC)cc1. The van der Waals surface area contributed by atoms with Crippen molar-refractivity contribution in [3.05, 3.63) is 41.2 Å². The van der Waals surface area contributed by atoms with Gasteiger partial charge in [0.15, 0.2) is 0 Å². The molecule has 1 aromatic rings. The van der Waals surface area contributed by atoms with Crippen molar-refractivity contribution in [2.75, 3.05) is 5.75 Å². The maximum atomic E-state index is 6.90. The van der Waals surface area contributed by atoms with Crippen LogP contribution in [0.5, 0.6) is 0 Å².